The van der Waals surface area contributed by atoms with Crippen LogP contribution in [-0.2, 0) is 13.1 Å². The molecule has 0 spiro atoms. The van der Waals surface area contributed by atoms with Gasteiger partial charge in [0.15, 0.2) is 0 Å². The molecule has 0 unspecified atom stereocenters. The summed E-state index contributed by atoms with van der Waals surface area (Å²) in [7, 11) is 0. The smallest absolute Gasteiger partial charge is 0.270 e. The van der Waals surface area contributed by atoms with Crippen molar-refractivity contribution in [2.24, 2.45) is 0 Å². The van der Waals surface area contributed by atoms with E-state index in [0.717, 1.165) is 4.90 Å². The van der Waals surface area contributed by atoms with Crippen LogP contribution in [0.2, 0.25) is 0 Å². The van der Waals surface area contributed by atoms with Gasteiger partial charge in [0.1, 0.15) is 12.0 Å². The van der Waals surface area contributed by atoms with E-state index in [9.17, 15) is 14.4 Å². The summed E-state index contributed by atoms with van der Waals surface area (Å²) in [4.78, 5) is 50.6. The van der Waals surface area contributed by atoms with Gasteiger partial charge in [-0.15, -0.1) is 0 Å². The second-order valence-corrected chi connectivity index (χ2v) is 6.55. The van der Waals surface area contributed by atoms with Crippen LogP contribution in [0.15, 0.2) is 55.2 Å². The highest BCUT2D eigenvalue weighted by atomic mass is 16.2. The zero-order valence-electron chi connectivity index (χ0n) is 15.6. The van der Waals surface area contributed by atoms with Crippen LogP contribution in [0.3, 0.4) is 0 Å². The molecule has 1 N–H and O–H groups in total. The number of imide groups is 1. The second-order valence-electron chi connectivity index (χ2n) is 6.55. The third-order valence-corrected chi connectivity index (χ3v) is 4.58. The molecule has 4 rings (SSSR count). The minimum Gasteiger partial charge on any atom is -0.347 e. The van der Waals surface area contributed by atoms with Crippen LogP contribution in [0.4, 0.5) is 0 Å². The van der Waals surface area contributed by atoms with Crippen LogP contribution in [-0.4, -0.2) is 37.6 Å². The number of aromatic nitrogens is 3. The van der Waals surface area contributed by atoms with Gasteiger partial charge in [-0.1, -0.05) is 12.1 Å². The quantitative estimate of drug-likeness (QED) is 0.644. The molecule has 0 aliphatic carbocycles. The Kier molecular flexibility index (Phi) is 4.97. The molecule has 3 heterocycles. The summed E-state index contributed by atoms with van der Waals surface area (Å²) in [6, 6.07) is 9.96. The van der Waals surface area contributed by atoms with Crippen LogP contribution >= 0.6 is 0 Å². The van der Waals surface area contributed by atoms with E-state index in [4.69, 9.17) is 5.26 Å². The monoisotopic (exact) mass is 398 g/mol. The molecule has 9 heteroatoms. The number of hydrogen-bond donors (Lipinski definition) is 1. The van der Waals surface area contributed by atoms with Gasteiger partial charge in [-0.25, -0.2) is 9.97 Å². The van der Waals surface area contributed by atoms with Crippen molar-refractivity contribution in [3.63, 3.8) is 0 Å². The molecule has 0 radical (unpaired) electrons. The average Bonchev–Trinajstić information content (AvgIpc) is 3.03. The maximum atomic E-state index is 12.8. The molecule has 9 nitrogen and oxygen atoms in total. The maximum Gasteiger partial charge on any atom is 0.270 e. The van der Waals surface area contributed by atoms with Crippen molar-refractivity contribution in [2.75, 3.05) is 0 Å². The van der Waals surface area contributed by atoms with E-state index in [2.05, 4.69) is 20.3 Å². The lowest BCUT2D eigenvalue weighted by Crippen LogP contribution is -2.29. The highest BCUT2D eigenvalue weighted by molar-refractivity contribution is 6.21. The number of fused-ring (bicyclic) bond motifs is 1. The molecule has 0 atom stereocenters. The number of nitriles is 1. The van der Waals surface area contributed by atoms with Crippen molar-refractivity contribution in [1.29, 1.82) is 5.26 Å². The number of pyridine rings is 1. The number of carbonyl (C=O) groups is 3. The average molecular weight is 398 g/mol. The van der Waals surface area contributed by atoms with Gasteiger partial charge in [-0.2, -0.15) is 5.26 Å². The Labute approximate surface area is 171 Å². The van der Waals surface area contributed by atoms with Gasteiger partial charge < -0.3 is 5.32 Å². The summed E-state index contributed by atoms with van der Waals surface area (Å²) in [5.41, 5.74) is 2.24. The molecule has 0 fully saturated rings. The Morgan fingerprint density at radius 1 is 1.00 bits per heavy atom. The largest absolute Gasteiger partial charge is 0.347 e. The van der Waals surface area contributed by atoms with E-state index in [1.165, 1.54) is 18.6 Å². The Hall–Kier alpha value is -4.45. The van der Waals surface area contributed by atoms with Gasteiger partial charge >= 0.3 is 0 Å². The molecular weight excluding hydrogens is 384 g/mol. The summed E-state index contributed by atoms with van der Waals surface area (Å²) in [5, 5.41) is 11.6. The normalized spacial score (nSPS) is 12.4. The van der Waals surface area contributed by atoms with Crippen LogP contribution < -0.4 is 5.32 Å². The number of benzene rings is 1. The van der Waals surface area contributed by atoms with Gasteiger partial charge in [0, 0.05) is 30.7 Å². The van der Waals surface area contributed by atoms with E-state index in [1.807, 2.05) is 6.07 Å². The van der Waals surface area contributed by atoms with Crippen molar-refractivity contribution < 1.29 is 14.4 Å². The number of hydrogen-bond acceptors (Lipinski definition) is 7. The minimum absolute atomic E-state index is 0.0342. The molecule has 146 valence electrons. The van der Waals surface area contributed by atoms with E-state index in [1.54, 1.807) is 36.7 Å². The molecule has 0 saturated heterocycles. The Morgan fingerprint density at radius 3 is 2.40 bits per heavy atom. The standard InChI is InChI=1S/C21H14N6O3/c22-6-13-1-3-14(4-2-13)11-27-20(29)16-5-18(25-10-17(16)21(27)30)19(28)26-9-15-7-23-12-24-8-15/h1-5,7-8,10,12H,9,11H2,(H,26,28). The van der Waals surface area contributed by atoms with Crippen LogP contribution in [0, 0.1) is 11.3 Å². The zero-order chi connectivity index (χ0) is 21.1. The van der Waals surface area contributed by atoms with Crippen molar-refractivity contribution in [1.82, 2.24) is 25.2 Å². The van der Waals surface area contributed by atoms with Crippen molar-refractivity contribution in [3.8, 4) is 6.07 Å². The molecule has 1 aromatic carbocycles. The summed E-state index contributed by atoms with van der Waals surface area (Å²) < 4.78 is 0. The Balaban J connectivity index is 1.49. The summed E-state index contributed by atoms with van der Waals surface area (Å²) in [6.07, 6.45) is 5.79. The summed E-state index contributed by atoms with van der Waals surface area (Å²) in [5.74, 6) is -1.44. The molecule has 1 aliphatic rings. The Bertz CT molecular complexity index is 1190. The molecule has 2 aromatic heterocycles. The first kappa shape index (κ1) is 18.9. The highest BCUT2D eigenvalue weighted by Crippen LogP contribution is 2.24. The van der Waals surface area contributed by atoms with E-state index >= 15 is 0 Å². The van der Waals surface area contributed by atoms with Crippen LogP contribution in [0.1, 0.15) is 47.9 Å². The Morgan fingerprint density at radius 2 is 1.70 bits per heavy atom. The van der Waals surface area contributed by atoms with Crippen LogP contribution in [0.25, 0.3) is 0 Å². The molecule has 0 saturated carbocycles. The van der Waals surface area contributed by atoms with E-state index < -0.39 is 17.7 Å². The fourth-order valence-electron chi connectivity index (χ4n) is 3.01. The maximum absolute atomic E-state index is 12.8. The van der Waals surface area contributed by atoms with Gasteiger partial charge in [0.2, 0.25) is 0 Å². The number of nitrogens with zero attached hydrogens (tertiary/aromatic N) is 5. The first-order valence-electron chi connectivity index (χ1n) is 8.94. The van der Waals surface area contributed by atoms with Crippen molar-refractivity contribution in [2.45, 2.75) is 13.1 Å². The number of amides is 3. The molecule has 0 bridgehead atoms. The fourth-order valence-corrected chi connectivity index (χ4v) is 3.01. The number of rotatable bonds is 5. The summed E-state index contributed by atoms with van der Waals surface area (Å²) >= 11 is 0. The number of nitrogens with one attached hydrogen (secondary N) is 1. The topological polar surface area (TPSA) is 129 Å². The molecule has 3 aromatic rings. The predicted molar refractivity (Wildman–Crippen MR) is 103 cm³/mol. The van der Waals surface area contributed by atoms with Gasteiger partial charge in [0.05, 0.1) is 29.3 Å². The lowest BCUT2D eigenvalue weighted by Gasteiger charge is -2.13. The van der Waals surface area contributed by atoms with Gasteiger partial charge in [-0.3, -0.25) is 24.3 Å². The number of carbonyl (C=O) groups excluding carboxylic acids is 3. The first-order chi connectivity index (χ1) is 14.6. The molecule has 30 heavy (non-hydrogen) atoms. The van der Waals surface area contributed by atoms with Crippen molar-refractivity contribution >= 4 is 17.7 Å². The lowest BCUT2D eigenvalue weighted by molar-refractivity contribution is 0.0642. The van der Waals surface area contributed by atoms with E-state index in [0.29, 0.717) is 16.7 Å². The van der Waals surface area contributed by atoms with E-state index in [-0.39, 0.29) is 29.9 Å². The third-order valence-electron chi connectivity index (χ3n) is 4.58. The fraction of sp³-hybridized carbons (Fsp3) is 0.0952. The zero-order valence-corrected chi connectivity index (χ0v) is 15.6. The highest BCUT2D eigenvalue weighted by Gasteiger charge is 2.36. The van der Waals surface area contributed by atoms with Crippen LogP contribution in [0.5, 0.6) is 0 Å². The molecule has 1 aliphatic heterocycles. The molecular formula is C21H14N6O3. The van der Waals surface area contributed by atoms with Gasteiger partial charge in [-0.05, 0) is 23.8 Å². The summed E-state index contributed by atoms with van der Waals surface area (Å²) in [6.45, 7) is 0.268. The minimum atomic E-state index is -0.493. The third kappa shape index (κ3) is 3.62. The predicted octanol–water partition coefficient (Wildman–Crippen LogP) is 1.47. The SMILES string of the molecule is N#Cc1ccc(CN2C(=O)c3cnc(C(=O)NCc4cncnc4)cc3C2=O)cc1. The first-order valence-corrected chi connectivity index (χ1v) is 8.94. The van der Waals surface area contributed by atoms with Gasteiger partial charge in [0.25, 0.3) is 17.7 Å². The lowest BCUT2D eigenvalue weighted by atomic mass is 10.1. The van der Waals surface area contributed by atoms with Crippen molar-refractivity contribution in [3.05, 3.63) is 88.8 Å². The second kappa shape index (κ2) is 7.89. The molecule has 3 amide bonds.